The molecule has 82 valence electrons. The van der Waals surface area contributed by atoms with Crippen LogP contribution in [0, 0.1) is 11.3 Å². The molecule has 1 atom stereocenters. The molecule has 1 saturated heterocycles. The van der Waals surface area contributed by atoms with Crippen molar-refractivity contribution in [3.8, 4) is 0 Å². The third kappa shape index (κ3) is 2.12. The van der Waals surface area contributed by atoms with Gasteiger partial charge in [0.15, 0.2) is 0 Å². The highest BCUT2D eigenvalue weighted by molar-refractivity contribution is 4.94. The Kier molecular flexibility index (Phi) is 2.85. The first-order valence-corrected chi connectivity index (χ1v) is 6.02. The van der Waals surface area contributed by atoms with Gasteiger partial charge in [0, 0.05) is 12.6 Å². The van der Waals surface area contributed by atoms with Crippen molar-refractivity contribution in [1.82, 2.24) is 10.2 Å². The Hall–Kier alpha value is -0.0800. The van der Waals surface area contributed by atoms with Crippen LogP contribution in [0.5, 0.6) is 0 Å². The maximum absolute atomic E-state index is 3.33. The van der Waals surface area contributed by atoms with E-state index in [1.165, 1.54) is 38.9 Å². The molecule has 14 heavy (non-hydrogen) atoms. The standard InChI is InChI=1S/C12H24N2/c1-12(2)9-14(11-4-5-11)7-6-10(12)8-13-3/h10-11,13H,4-9H2,1-3H3. The van der Waals surface area contributed by atoms with Gasteiger partial charge in [-0.15, -0.1) is 0 Å². The number of rotatable bonds is 3. The summed E-state index contributed by atoms with van der Waals surface area (Å²) >= 11 is 0. The Morgan fingerprint density at radius 1 is 1.29 bits per heavy atom. The van der Waals surface area contributed by atoms with Gasteiger partial charge in [0.05, 0.1) is 0 Å². The van der Waals surface area contributed by atoms with Crippen LogP contribution in [-0.4, -0.2) is 37.6 Å². The highest BCUT2D eigenvalue weighted by Crippen LogP contribution is 2.39. The van der Waals surface area contributed by atoms with Gasteiger partial charge in [-0.1, -0.05) is 13.8 Å². The fourth-order valence-corrected chi connectivity index (χ4v) is 2.82. The first-order valence-electron chi connectivity index (χ1n) is 6.02. The van der Waals surface area contributed by atoms with Crippen LogP contribution < -0.4 is 5.32 Å². The monoisotopic (exact) mass is 196 g/mol. The Morgan fingerprint density at radius 2 is 2.00 bits per heavy atom. The normalized spacial score (nSPS) is 33.2. The second-order valence-electron chi connectivity index (χ2n) is 5.73. The Bertz CT molecular complexity index is 196. The van der Waals surface area contributed by atoms with Crippen molar-refractivity contribution >= 4 is 0 Å². The summed E-state index contributed by atoms with van der Waals surface area (Å²) in [6, 6.07) is 0.949. The third-order valence-corrected chi connectivity index (χ3v) is 3.99. The molecule has 0 spiro atoms. The molecule has 1 N–H and O–H groups in total. The molecule has 1 aliphatic carbocycles. The Balaban J connectivity index is 1.92. The maximum Gasteiger partial charge on any atom is 0.00966 e. The number of piperidine rings is 1. The quantitative estimate of drug-likeness (QED) is 0.739. The lowest BCUT2D eigenvalue weighted by Gasteiger charge is -2.44. The van der Waals surface area contributed by atoms with E-state index in [1.54, 1.807) is 0 Å². The van der Waals surface area contributed by atoms with E-state index < -0.39 is 0 Å². The highest BCUT2D eigenvalue weighted by atomic mass is 15.2. The zero-order valence-electron chi connectivity index (χ0n) is 9.84. The van der Waals surface area contributed by atoms with Crippen LogP contribution in [0.4, 0.5) is 0 Å². The summed E-state index contributed by atoms with van der Waals surface area (Å²) in [6.07, 6.45) is 4.28. The lowest BCUT2D eigenvalue weighted by Crippen LogP contribution is -2.49. The number of hydrogen-bond donors (Lipinski definition) is 1. The first-order chi connectivity index (χ1) is 6.63. The number of likely N-dealkylation sites (tertiary alicyclic amines) is 1. The van der Waals surface area contributed by atoms with E-state index in [0.29, 0.717) is 5.41 Å². The molecule has 2 nitrogen and oxygen atoms in total. The van der Waals surface area contributed by atoms with E-state index in [0.717, 1.165) is 12.0 Å². The van der Waals surface area contributed by atoms with Gasteiger partial charge in [0.2, 0.25) is 0 Å². The lowest BCUT2D eigenvalue weighted by molar-refractivity contribution is 0.0510. The maximum atomic E-state index is 3.33. The molecule has 0 aromatic rings. The van der Waals surface area contributed by atoms with Crippen molar-refractivity contribution in [3.63, 3.8) is 0 Å². The molecule has 2 heteroatoms. The van der Waals surface area contributed by atoms with Crippen LogP contribution >= 0.6 is 0 Å². The second kappa shape index (κ2) is 3.82. The van der Waals surface area contributed by atoms with E-state index in [2.05, 4.69) is 31.1 Å². The smallest absolute Gasteiger partial charge is 0.00966 e. The third-order valence-electron chi connectivity index (χ3n) is 3.99. The van der Waals surface area contributed by atoms with E-state index in [4.69, 9.17) is 0 Å². The minimum atomic E-state index is 0.504. The summed E-state index contributed by atoms with van der Waals surface area (Å²) in [6.45, 7) is 8.70. The molecule has 1 saturated carbocycles. The van der Waals surface area contributed by atoms with E-state index in [-0.39, 0.29) is 0 Å². The summed E-state index contributed by atoms with van der Waals surface area (Å²) in [5, 5.41) is 3.33. The fourth-order valence-electron chi connectivity index (χ4n) is 2.82. The van der Waals surface area contributed by atoms with Crippen LogP contribution in [0.25, 0.3) is 0 Å². The van der Waals surface area contributed by atoms with Gasteiger partial charge in [-0.25, -0.2) is 0 Å². The number of nitrogens with zero attached hydrogens (tertiary/aromatic N) is 1. The second-order valence-corrected chi connectivity index (χ2v) is 5.73. The van der Waals surface area contributed by atoms with E-state index >= 15 is 0 Å². The van der Waals surface area contributed by atoms with E-state index in [1.807, 2.05) is 0 Å². The van der Waals surface area contributed by atoms with Crippen molar-refractivity contribution < 1.29 is 0 Å². The Labute approximate surface area is 88.1 Å². The highest BCUT2D eigenvalue weighted by Gasteiger charge is 2.40. The lowest BCUT2D eigenvalue weighted by atomic mass is 9.74. The zero-order chi connectivity index (χ0) is 10.2. The molecule has 0 amide bonds. The summed E-state index contributed by atoms with van der Waals surface area (Å²) in [5.41, 5.74) is 0.504. The molecular formula is C12H24N2. The van der Waals surface area contributed by atoms with Gasteiger partial charge >= 0.3 is 0 Å². The predicted molar refractivity (Wildman–Crippen MR) is 60.4 cm³/mol. The van der Waals surface area contributed by atoms with Crippen LogP contribution in [0.2, 0.25) is 0 Å². The number of hydrogen-bond acceptors (Lipinski definition) is 2. The van der Waals surface area contributed by atoms with Crippen molar-refractivity contribution in [3.05, 3.63) is 0 Å². The summed E-state index contributed by atoms with van der Waals surface area (Å²) in [7, 11) is 2.07. The van der Waals surface area contributed by atoms with Gasteiger partial charge in [0.1, 0.15) is 0 Å². The van der Waals surface area contributed by atoms with Crippen LogP contribution in [0.3, 0.4) is 0 Å². The van der Waals surface area contributed by atoms with Gasteiger partial charge < -0.3 is 5.32 Å². The molecule has 1 unspecified atom stereocenters. The van der Waals surface area contributed by atoms with Crippen molar-refractivity contribution in [2.45, 2.75) is 39.2 Å². The van der Waals surface area contributed by atoms with Gasteiger partial charge in [-0.3, -0.25) is 4.90 Å². The summed E-state index contributed by atoms with van der Waals surface area (Å²) in [4.78, 5) is 2.71. The average molecular weight is 196 g/mol. The SMILES string of the molecule is CNCC1CCN(C2CC2)CC1(C)C. The van der Waals surface area contributed by atoms with Crippen LogP contribution in [0.1, 0.15) is 33.1 Å². The molecule has 2 rings (SSSR count). The number of nitrogens with one attached hydrogen (secondary N) is 1. The first kappa shape index (κ1) is 10.4. The molecule has 0 aromatic carbocycles. The minimum absolute atomic E-state index is 0.504. The minimum Gasteiger partial charge on any atom is -0.319 e. The molecule has 1 heterocycles. The van der Waals surface area contributed by atoms with Crippen LogP contribution in [0.15, 0.2) is 0 Å². The largest absolute Gasteiger partial charge is 0.319 e. The van der Waals surface area contributed by atoms with Gasteiger partial charge in [0.25, 0.3) is 0 Å². The summed E-state index contributed by atoms with van der Waals surface area (Å²) in [5.74, 6) is 0.863. The van der Waals surface area contributed by atoms with Crippen LogP contribution in [-0.2, 0) is 0 Å². The average Bonchev–Trinajstić information content (AvgIpc) is 2.91. The topological polar surface area (TPSA) is 15.3 Å². The molecule has 0 bridgehead atoms. The molecule has 1 aliphatic heterocycles. The molecule has 2 fully saturated rings. The van der Waals surface area contributed by atoms with Crippen molar-refractivity contribution in [1.29, 1.82) is 0 Å². The molecule has 0 radical (unpaired) electrons. The molecule has 0 aromatic heterocycles. The van der Waals surface area contributed by atoms with Gasteiger partial charge in [-0.2, -0.15) is 0 Å². The fraction of sp³-hybridized carbons (Fsp3) is 1.00. The van der Waals surface area contributed by atoms with Crippen molar-refractivity contribution in [2.75, 3.05) is 26.7 Å². The van der Waals surface area contributed by atoms with Gasteiger partial charge in [-0.05, 0) is 50.7 Å². The summed E-state index contributed by atoms with van der Waals surface area (Å²) < 4.78 is 0. The van der Waals surface area contributed by atoms with E-state index in [9.17, 15) is 0 Å². The molecule has 2 aliphatic rings. The molecular weight excluding hydrogens is 172 g/mol. The predicted octanol–water partition coefficient (Wildman–Crippen LogP) is 1.72. The zero-order valence-corrected chi connectivity index (χ0v) is 9.84. The Morgan fingerprint density at radius 3 is 2.50 bits per heavy atom. The van der Waals surface area contributed by atoms with Crippen molar-refractivity contribution in [2.24, 2.45) is 11.3 Å².